The second-order valence-electron chi connectivity index (χ2n) is 9.03. The molecule has 3 nitrogen and oxygen atoms in total. The van der Waals surface area contributed by atoms with Gasteiger partial charge in [-0.15, -0.1) is 0 Å². The first-order valence-electron chi connectivity index (χ1n) is 12.3. The second-order valence-corrected chi connectivity index (χ2v) is 9.03. The lowest BCUT2D eigenvalue weighted by molar-refractivity contribution is 0.180. The molecule has 0 spiro atoms. The molecule has 0 aliphatic heterocycles. The van der Waals surface area contributed by atoms with Crippen LogP contribution in [0.4, 0.5) is 4.39 Å². The van der Waals surface area contributed by atoms with E-state index in [0.29, 0.717) is 30.4 Å². The highest BCUT2D eigenvalue weighted by atomic mass is 19.1. The molecule has 1 saturated carbocycles. The maximum Gasteiger partial charge on any atom is 0.134 e. The van der Waals surface area contributed by atoms with Crippen LogP contribution in [0.15, 0.2) is 42.5 Å². The van der Waals surface area contributed by atoms with Crippen LogP contribution in [0, 0.1) is 17.7 Å². The fourth-order valence-electron chi connectivity index (χ4n) is 4.46. The Kier molecular flexibility index (Phi) is 10.3. The Morgan fingerprint density at radius 3 is 2.09 bits per heavy atom. The Bertz CT molecular complexity index is 782. The van der Waals surface area contributed by atoms with Gasteiger partial charge in [0.05, 0.1) is 13.2 Å². The lowest BCUT2D eigenvalue weighted by Crippen LogP contribution is -2.19. The Labute approximate surface area is 193 Å². The van der Waals surface area contributed by atoms with Crippen LogP contribution < -0.4 is 9.47 Å². The van der Waals surface area contributed by atoms with Crippen LogP contribution >= 0.6 is 0 Å². The molecule has 0 radical (unpaired) electrons. The summed E-state index contributed by atoms with van der Waals surface area (Å²) < 4.78 is 31.5. The van der Waals surface area contributed by atoms with E-state index in [1.807, 2.05) is 36.4 Å². The molecule has 0 bridgehead atoms. The van der Waals surface area contributed by atoms with Crippen LogP contribution in [0.2, 0.25) is 0 Å². The van der Waals surface area contributed by atoms with Gasteiger partial charge in [0.25, 0.3) is 0 Å². The third kappa shape index (κ3) is 7.81. The molecular formula is C28H39FO3. The van der Waals surface area contributed by atoms with Crippen molar-refractivity contribution in [1.82, 2.24) is 0 Å². The highest BCUT2D eigenvalue weighted by Crippen LogP contribution is 2.32. The third-order valence-corrected chi connectivity index (χ3v) is 6.65. The fraction of sp³-hybridized carbons (Fsp3) is 0.571. The lowest BCUT2D eigenvalue weighted by atomic mass is 9.81. The van der Waals surface area contributed by atoms with Crippen molar-refractivity contribution in [3.8, 4) is 22.6 Å². The molecule has 0 atom stereocenters. The summed E-state index contributed by atoms with van der Waals surface area (Å²) in [5.41, 5.74) is 1.43. The highest BCUT2D eigenvalue weighted by Gasteiger charge is 2.20. The van der Waals surface area contributed by atoms with E-state index >= 15 is 0 Å². The van der Waals surface area contributed by atoms with Gasteiger partial charge in [-0.2, -0.15) is 0 Å². The van der Waals surface area contributed by atoms with Crippen LogP contribution in [-0.2, 0) is 4.74 Å². The molecule has 32 heavy (non-hydrogen) atoms. The normalized spacial score (nSPS) is 18.5. The number of hydrogen-bond acceptors (Lipinski definition) is 3. The first-order chi connectivity index (χ1) is 15.7. The van der Waals surface area contributed by atoms with E-state index in [4.69, 9.17) is 14.2 Å². The molecule has 0 aromatic heterocycles. The van der Waals surface area contributed by atoms with Crippen LogP contribution in [0.3, 0.4) is 0 Å². The number of rotatable bonds is 13. The monoisotopic (exact) mass is 442 g/mol. The average Bonchev–Trinajstić information content (AvgIpc) is 2.83. The van der Waals surface area contributed by atoms with E-state index in [1.54, 1.807) is 7.11 Å². The summed E-state index contributed by atoms with van der Waals surface area (Å²) in [5, 5.41) is 0. The van der Waals surface area contributed by atoms with Crippen LogP contribution in [0.1, 0.15) is 64.7 Å². The molecular weight excluding hydrogens is 403 g/mol. The highest BCUT2D eigenvalue weighted by molar-refractivity contribution is 5.65. The molecule has 2 aromatic carbocycles. The van der Waals surface area contributed by atoms with Crippen molar-refractivity contribution in [2.75, 3.05) is 26.9 Å². The van der Waals surface area contributed by atoms with Crippen molar-refractivity contribution in [3.05, 3.63) is 48.3 Å². The summed E-state index contributed by atoms with van der Waals surface area (Å²) in [5.74, 6) is 2.67. The van der Waals surface area contributed by atoms with E-state index in [0.717, 1.165) is 49.5 Å². The van der Waals surface area contributed by atoms with Gasteiger partial charge in [0, 0.05) is 25.3 Å². The zero-order valence-electron chi connectivity index (χ0n) is 19.8. The number of unbranched alkanes of at least 4 members (excludes halogenated alkanes) is 3. The Balaban J connectivity index is 1.44. The Morgan fingerprint density at radius 1 is 0.781 bits per heavy atom. The minimum atomic E-state index is -0.248. The summed E-state index contributed by atoms with van der Waals surface area (Å²) in [6, 6.07) is 12.9. The molecule has 0 N–H and O–H groups in total. The molecule has 0 amide bonds. The minimum absolute atomic E-state index is 0.248. The maximum absolute atomic E-state index is 14.8. The van der Waals surface area contributed by atoms with Gasteiger partial charge in [-0.05, 0) is 73.8 Å². The summed E-state index contributed by atoms with van der Waals surface area (Å²) in [4.78, 5) is 0. The van der Waals surface area contributed by atoms with E-state index in [9.17, 15) is 4.39 Å². The van der Waals surface area contributed by atoms with E-state index in [2.05, 4.69) is 6.92 Å². The molecule has 1 fully saturated rings. The fourth-order valence-corrected chi connectivity index (χ4v) is 4.46. The maximum atomic E-state index is 14.8. The molecule has 3 rings (SSSR count). The number of hydrogen-bond donors (Lipinski definition) is 0. The quantitative estimate of drug-likeness (QED) is 0.298. The first-order valence-corrected chi connectivity index (χ1v) is 12.3. The summed E-state index contributed by atoms with van der Waals surface area (Å²) in [6.45, 7) is 4.49. The predicted octanol–water partition coefficient (Wildman–Crippen LogP) is 7.67. The molecule has 0 unspecified atom stereocenters. The molecule has 2 aromatic rings. The summed E-state index contributed by atoms with van der Waals surface area (Å²) >= 11 is 0. The van der Waals surface area contributed by atoms with Crippen LogP contribution in [0.25, 0.3) is 11.1 Å². The number of benzene rings is 2. The van der Waals surface area contributed by atoms with Crippen molar-refractivity contribution in [2.45, 2.75) is 64.7 Å². The van der Waals surface area contributed by atoms with Gasteiger partial charge in [-0.1, -0.05) is 44.7 Å². The van der Waals surface area contributed by atoms with Gasteiger partial charge in [-0.3, -0.25) is 0 Å². The topological polar surface area (TPSA) is 27.7 Å². The van der Waals surface area contributed by atoms with Crippen molar-refractivity contribution in [3.63, 3.8) is 0 Å². The predicted molar refractivity (Wildman–Crippen MR) is 129 cm³/mol. The molecule has 4 heteroatoms. The van der Waals surface area contributed by atoms with Crippen molar-refractivity contribution < 1.29 is 18.6 Å². The van der Waals surface area contributed by atoms with Gasteiger partial charge in [0.2, 0.25) is 0 Å². The zero-order chi connectivity index (χ0) is 22.6. The SMILES string of the molecule is CCC1CCC(COc2ccc(-c3ccc(OCCCCCCOC)cc3)c(F)c2)CC1. The van der Waals surface area contributed by atoms with Gasteiger partial charge >= 0.3 is 0 Å². The summed E-state index contributed by atoms with van der Waals surface area (Å²) in [7, 11) is 1.74. The lowest BCUT2D eigenvalue weighted by Gasteiger charge is -2.27. The minimum Gasteiger partial charge on any atom is -0.494 e. The van der Waals surface area contributed by atoms with Crippen molar-refractivity contribution in [2.24, 2.45) is 11.8 Å². The largest absolute Gasteiger partial charge is 0.494 e. The zero-order valence-corrected chi connectivity index (χ0v) is 19.8. The van der Waals surface area contributed by atoms with Crippen LogP contribution in [0.5, 0.6) is 11.5 Å². The van der Waals surface area contributed by atoms with E-state index in [-0.39, 0.29) is 5.82 Å². The molecule has 1 aliphatic rings. The van der Waals surface area contributed by atoms with Gasteiger partial charge in [0.1, 0.15) is 17.3 Å². The smallest absolute Gasteiger partial charge is 0.134 e. The van der Waals surface area contributed by atoms with Crippen LogP contribution in [-0.4, -0.2) is 26.9 Å². The van der Waals surface area contributed by atoms with Crippen molar-refractivity contribution in [1.29, 1.82) is 0 Å². The Hall–Kier alpha value is -2.07. The van der Waals surface area contributed by atoms with Crippen molar-refractivity contribution >= 4 is 0 Å². The third-order valence-electron chi connectivity index (χ3n) is 6.65. The summed E-state index contributed by atoms with van der Waals surface area (Å²) in [6.07, 6.45) is 10.8. The molecule has 0 heterocycles. The number of ether oxygens (including phenoxy) is 3. The molecule has 176 valence electrons. The number of methoxy groups -OCH3 is 1. The molecule has 0 saturated heterocycles. The standard InChI is InChI=1S/C28H39FO3/c1-3-22-8-10-23(11-9-22)21-32-26-16-17-27(28(29)20-26)24-12-14-25(15-13-24)31-19-7-5-4-6-18-30-2/h12-17,20,22-23H,3-11,18-19,21H2,1-2H3. The van der Waals surface area contributed by atoms with Gasteiger partial charge in [0.15, 0.2) is 0 Å². The van der Waals surface area contributed by atoms with E-state index < -0.39 is 0 Å². The van der Waals surface area contributed by atoms with Gasteiger partial charge < -0.3 is 14.2 Å². The number of halogens is 1. The Morgan fingerprint density at radius 2 is 1.44 bits per heavy atom. The van der Waals surface area contributed by atoms with E-state index in [1.165, 1.54) is 38.2 Å². The average molecular weight is 443 g/mol. The second kappa shape index (κ2) is 13.5. The first kappa shape index (κ1) is 24.6. The molecule has 1 aliphatic carbocycles. The van der Waals surface area contributed by atoms with Gasteiger partial charge in [-0.25, -0.2) is 4.39 Å².